The van der Waals surface area contributed by atoms with Crippen LogP contribution in [0.4, 0.5) is 18.9 Å². The average Bonchev–Trinajstić information content (AvgIpc) is 2.85. The van der Waals surface area contributed by atoms with Gasteiger partial charge in [0.05, 0.1) is 0 Å². The third kappa shape index (κ3) is 4.74. The summed E-state index contributed by atoms with van der Waals surface area (Å²) in [5.74, 6) is -1.01. The molecular weight excluding hydrogens is 325 g/mol. The zero-order chi connectivity index (χ0) is 17.7. The molecule has 8 heteroatoms. The number of carbonyl (C=O) groups is 2. The normalized spacial score (nSPS) is 17.7. The number of amides is 2. The number of alkyl halides is 3. The third-order valence-electron chi connectivity index (χ3n) is 3.48. The Kier molecular flexibility index (Phi) is 5.48. The van der Waals surface area contributed by atoms with Gasteiger partial charge in [0.2, 0.25) is 11.8 Å². The molecule has 0 aromatic heterocycles. The predicted octanol–water partition coefficient (Wildman–Crippen LogP) is 2.77. The van der Waals surface area contributed by atoms with E-state index in [0.717, 1.165) is 12.1 Å². The van der Waals surface area contributed by atoms with Crippen molar-refractivity contribution in [2.75, 3.05) is 11.4 Å². The van der Waals surface area contributed by atoms with Gasteiger partial charge in [0.15, 0.2) is 0 Å². The molecule has 0 bridgehead atoms. The lowest BCUT2D eigenvalue weighted by atomic mass is 10.2. The van der Waals surface area contributed by atoms with Crippen LogP contribution >= 0.6 is 0 Å². The van der Waals surface area contributed by atoms with Crippen LogP contribution in [0.2, 0.25) is 0 Å². The van der Waals surface area contributed by atoms with Crippen LogP contribution in [0, 0.1) is 0 Å². The molecule has 1 fully saturated rings. The zero-order valence-corrected chi connectivity index (χ0v) is 12.8. The molecule has 5 nitrogen and oxygen atoms in total. The standard InChI is InChI=1S/C16H17F3N2O3/c1-2-3-7-14(22)20-13-8-9-21(15(13)23)11-5-4-6-12(10-11)24-16(17,18)19/h2,4-6,10,13H,1,3,7-9H2,(H,20,22). The van der Waals surface area contributed by atoms with E-state index in [1.165, 1.54) is 17.0 Å². The molecule has 0 radical (unpaired) electrons. The van der Waals surface area contributed by atoms with Crippen LogP contribution in [0.5, 0.6) is 5.75 Å². The average molecular weight is 342 g/mol. The minimum Gasteiger partial charge on any atom is -0.406 e. The van der Waals surface area contributed by atoms with E-state index >= 15 is 0 Å². The first-order chi connectivity index (χ1) is 11.3. The van der Waals surface area contributed by atoms with Gasteiger partial charge in [-0.25, -0.2) is 0 Å². The van der Waals surface area contributed by atoms with E-state index < -0.39 is 18.2 Å². The summed E-state index contributed by atoms with van der Waals surface area (Å²) in [7, 11) is 0. The van der Waals surface area contributed by atoms with Crippen LogP contribution in [0.1, 0.15) is 19.3 Å². The summed E-state index contributed by atoms with van der Waals surface area (Å²) < 4.78 is 40.7. The van der Waals surface area contributed by atoms with Crippen molar-refractivity contribution >= 4 is 17.5 Å². The summed E-state index contributed by atoms with van der Waals surface area (Å²) in [6.45, 7) is 3.82. The van der Waals surface area contributed by atoms with Crippen molar-refractivity contribution < 1.29 is 27.5 Å². The smallest absolute Gasteiger partial charge is 0.406 e. The molecule has 1 aromatic carbocycles. The highest BCUT2D eigenvalue weighted by Gasteiger charge is 2.34. The zero-order valence-electron chi connectivity index (χ0n) is 12.8. The highest BCUT2D eigenvalue weighted by Crippen LogP contribution is 2.29. The lowest BCUT2D eigenvalue weighted by Crippen LogP contribution is -2.41. The molecule has 2 amide bonds. The molecule has 0 aliphatic carbocycles. The quantitative estimate of drug-likeness (QED) is 0.809. The highest BCUT2D eigenvalue weighted by molar-refractivity contribution is 6.01. The van der Waals surface area contributed by atoms with Crippen LogP contribution < -0.4 is 15.0 Å². The van der Waals surface area contributed by atoms with Gasteiger partial charge in [-0.3, -0.25) is 9.59 Å². The Bertz CT molecular complexity index is 631. The molecule has 0 saturated carbocycles. The van der Waals surface area contributed by atoms with E-state index in [2.05, 4.69) is 16.6 Å². The molecule has 130 valence electrons. The first kappa shape index (κ1) is 17.8. The van der Waals surface area contributed by atoms with Gasteiger partial charge in [-0.1, -0.05) is 12.1 Å². The SMILES string of the molecule is C=CCCC(=O)NC1CCN(c2cccc(OC(F)(F)F)c2)C1=O. The Hall–Kier alpha value is -2.51. The van der Waals surface area contributed by atoms with Crippen LogP contribution in [0.3, 0.4) is 0 Å². The maximum atomic E-state index is 12.3. The fourth-order valence-corrected chi connectivity index (χ4v) is 2.42. The Balaban J connectivity index is 2.03. The summed E-state index contributed by atoms with van der Waals surface area (Å²) in [5.41, 5.74) is 0.296. The first-order valence-corrected chi connectivity index (χ1v) is 7.37. The number of rotatable bonds is 6. The number of nitrogens with zero attached hydrogens (tertiary/aromatic N) is 1. The Morgan fingerprint density at radius 2 is 2.21 bits per heavy atom. The molecule has 1 saturated heterocycles. The molecule has 1 aromatic rings. The number of carbonyl (C=O) groups excluding carboxylic acids is 2. The monoisotopic (exact) mass is 342 g/mol. The summed E-state index contributed by atoms with van der Waals surface area (Å²) in [4.78, 5) is 25.4. The van der Waals surface area contributed by atoms with Crippen molar-refractivity contribution in [3.8, 4) is 5.75 Å². The van der Waals surface area contributed by atoms with Gasteiger partial charge >= 0.3 is 6.36 Å². The van der Waals surface area contributed by atoms with Gasteiger partial charge in [-0.2, -0.15) is 0 Å². The van der Waals surface area contributed by atoms with Crippen molar-refractivity contribution in [1.29, 1.82) is 0 Å². The number of ether oxygens (including phenoxy) is 1. The second-order valence-corrected chi connectivity index (χ2v) is 5.27. The van der Waals surface area contributed by atoms with Crippen LogP contribution in [-0.4, -0.2) is 30.8 Å². The summed E-state index contributed by atoms with van der Waals surface area (Å²) in [5, 5.41) is 2.63. The Morgan fingerprint density at radius 1 is 1.46 bits per heavy atom. The molecular formula is C16H17F3N2O3. The van der Waals surface area contributed by atoms with Gasteiger partial charge in [0, 0.05) is 24.7 Å². The third-order valence-corrected chi connectivity index (χ3v) is 3.48. The fourth-order valence-electron chi connectivity index (χ4n) is 2.42. The van der Waals surface area contributed by atoms with E-state index in [1.54, 1.807) is 6.08 Å². The van der Waals surface area contributed by atoms with Crippen LogP contribution in [0.25, 0.3) is 0 Å². The van der Waals surface area contributed by atoms with E-state index in [0.29, 0.717) is 25.1 Å². The van der Waals surface area contributed by atoms with E-state index in [-0.39, 0.29) is 18.2 Å². The minimum absolute atomic E-state index is 0.238. The van der Waals surface area contributed by atoms with Crippen molar-refractivity contribution in [3.05, 3.63) is 36.9 Å². The summed E-state index contributed by atoms with van der Waals surface area (Å²) in [6, 6.07) is 4.52. The number of nitrogens with one attached hydrogen (secondary N) is 1. The molecule has 1 unspecified atom stereocenters. The molecule has 0 spiro atoms. The number of benzene rings is 1. The Morgan fingerprint density at radius 3 is 2.88 bits per heavy atom. The summed E-state index contributed by atoms with van der Waals surface area (Å²) in [6.07, 6.45) is -2.05. The van der Waals surface area contributed by atoms with Crippen molar-refractivity contribution in [3.63, 3.8) is 0 Å². The fraction of sp³-hybridized carbons (Fsp3) is 0.375. The largest absolute Gasteiger partial charge is 0.573 e. The van der Waals surface area contributed by atoms with Gasteiger partial charge in [0.1, 0.15) is 11.8 Å². The van der Waals surface area contributed by atoms with Crippen molar-refractivity contribution in [1.82, 2.24) is 5.32 Å². The molecule has 24 heavy (non-hydrogen) atoms. The topological polar surface area (TPSA) is 58.6 Å². The first-order valence-electron chi connectivity index (χ1n) is 7.37. The lowest BCUT2D eigenvalue weighted by Gasteiger charge is -2.18. The number of hydrogen-bond acceptors (Lipinski definition) is 3. The second kappa shape index (κ2) is 7.37. The van der Waals surface area contributed by atoms with Gasteiger partial charge in [-0.05, 0) is 25.0 Å². The molecule has 1 heterocycles. The number of allylic oxidation sites excluding steroid dienone is 1. The van der Waals surface area contributed by atoms with Crippen molar-refractivity contribution in [2.45, 2.75) is 31.7 Å². The van der Waals surface area contributed by atoms with Gasteiger partial charge in [-0.15, -0.1) is 19.8 Å². The number of halogens is 3. The van der Waals surface area contributed by atoms with E-state index in [9.17, 15) is 22.8 Å². The Labute approximate surface area is 137 Å². The maximum absolute atomic E-state index is 12.3. The van der Waals surface area contributed by atoms with Gasteiger partial charge in [0.25, 0.3) is 0 Å². The van der Waals surface area contributed by atoms with E-state index in [1.807, 2.05) is 0 Å². The number of anilines is 1. The molecule has 1 N–H and O–H groups in total. The lowest BCUT2D eigenvalue weighted by molar-refractivity contribution is -0.274. The summed E-state index contributed by atoms with van der Waals surface area (Å²) >= 11 is 0. The maximum Gasteiger partial charge on any atom is 0.573 e. The van der Waals surface area contributed by atoms with Crippen molar-refractivity contribution in [2.24, 2.45) is 0 Å². The van der Waals surface area contributed by atoms with E-state index in [4.69, 9.17) is 0 Å². The van der Waals surface area contributed by atoms with Crippen LogP contribution in [0.15, 0.2) is 36.9 Å². The van der Waals surface area contributed by atoms with Crippen LogP contribution in [-0.2, 0) is 9.59 Å². The number of hydrogen-bond donors (Lipinski definition) is 1. The predicted molar refractivity (Wildman–Crippen MR) is 81.5 cm³/mol. The highest BCUT2D eigenvalue weighted by atomic mass is 19.4. The molecule has 1 aliphatic heterocycles. The van der Waals surface area contributed by atoms with Gasteiger partial charge < -0.3 is 15.0 Å². The minimum atomic E-state index is -4.80. The second-order valence-electron chi connectivity index (χ2n) is 5.27. The molecule has 1 aliphatic rings. The molecule has 1 atom stereocenters. The molecule has 2 rings (SSSR count).